The Morgan fingerprint density at radius 3 is 2.29 bits per heavy atom. The maximum Gasteiger partial charge on any atom is 0.132 e. The fourth-order valence-electron chi connectivity index (χ4n) is 2.43. The molecule has 1 aromatic carbocycles. The van der Waals surface area contributed by atoms with Crippen LogP contribution in [0.4, 0.5) is 5.82 Å². The number of nitrogen functional groups attached to an aromatic ring is 1. The topological polar surface area (TPSA) is 43.8 Å². The molecule has 0 unspecified atom stereocenters. The molecular weight excluding hydrogens is 305 g/mol. The molecule has 21 heavy (non-hydrogen) atoms. The third-order valence-corrected chi connectivity index (χ3v) is 4.15. The van der Waals surface area contributed by atoms with Gasteiger partial charge in [0.15, 0.2) is 0 Å². The number of nitrogens with zero attached hydrogens (tertiary/aromatic N) is 2. The highest BCUT2D eigenvalue weighted by atomic mass is 35.5. The van der Waals surface area contributed by atoms with E-state index in [1.165, 1.54) is 0 Å². The summed E-state index contributed by atoms with van der Waals surface area (Å²) in [7, 11) is 0. The van der Waals surface area contributed by atoms with Gasteiger partial charge >= 0.3 is 0 Å². The van der Waals surface area contributed by atoms with Crippen LogP contribution in [-0.4, -0.2) is 9.55 Å². The van der Waals surface area contributed by atoms with Gasteiger partial charge in [-0.25, -0.2) is 4.98 Å². The third-order valence-electron chi connectivity index (χ3n) is 3.33. The molecule has 0 bridgehead atoms. The van der Waals surface area contributed by atoms with Crippen molar-refractivity contribution in [3.8, 4) is 11.3 Å². The Hall–Kier alpha value is -1.19. The summed E-state index contributed by atoms with van der Waals surface area (Å²) in [5.74, 6) is 1.83. The minimum atomic E-state index is -0.153. The standard InChI is InChI=1S/C16H21Cl2N3/c1-9(2)15-20-13(14(19)21(15)16(3,4)5)10-7-6-8-11(17)12(10)18/h6-9H,19H2,1-5H3. The zero-order valence-electron chi connectivity index (χ0n) is 13.0. The Labute approximate surface area is 136 Å². The lowest BCUT2D eigenvalue weighted by molar-refractivity contribution is 0.382. The second kappa shape index (κ2) is 5.54. The van der Waals surface area contributed by atoms with Crippen molar-refractivity contribution in [1.82, 2.24) is 9.55 Å². The number of anilines is 1. The van der Waals surface area contributed by atoms with Crippen LogP contribution >= 0.6 is 23.2 Å². The van der Waals surface area contributed by atoms with Crippen LogP contribution in [0.15, 0.2) is 18.2 Å². The number of rotatable bonds is 2. The fourth-order valence-corrected chi connectivity index (χ4v) is 2.82. The highest BCUT2D eigenvalue weighted by Crippen LogP contribution is 2.39. The average molecular weight is 326 g/mol. The first-order chi connectivity index (χ1) is 9.64. The molecule has 5 heteroatoms. The smallest absolute Gasteiger partial charge is 0.132 e. The van der Waals surface area contributed by atoms with Crippen molar-refractivity contribution in [3.05, 3.63) is 34.1 Å². The Kier molecular flexibility index (Phi) is 4.27. The molecule has 114 valence electrons. The minimum Gasteiger partial charge on any atom is -0.383 e. The first-order valence-electron chi connectivity index (χ1n) is 6.97. The number of aromatic nitrogens is 2. The molecule has 0 saturated carbocycles. The second-order valence-electron chi connectivity index (χ2n) is 6.47. The Balaban J connectivity index is 2.75. The van der Waals surface area contributed by atoms with Gasteiger partial charge in [-0.05, 0) is 26.8 Å². The van der Waals surface area contributed by atoms with E-state index in [2.05, 4.69) is 39.2 Å². The maximum atomic E-state index is 6.38. The molecule has 0 aliphatic rings. The molecular formula is C16H21Cl2N3. The summed E-state index contributed by atoms with van der Waals surface area (Å²) in [4.78, 5) is 4.74. The lowest BCUT2D eigenvalue weighted by atomic mass is 10.1. The van der Waals surface area contributed by atoms with Crippen LogP contribution in [0, 0.1) is 0 Å². The highest BCUT2D eigenvalue weighted by molar-refractivity contribution is 6.43. The Morgan fingerprint density at radius 2 is 1.81 bits per heavy atom. The molecule has 2 aromatic rings. The van der Waals surface area contributed by atoms with Crippen molar-refractivity contribution in [1.29, 1.82) is 0 Å². The van der Waals surface area contributed by atoms with Gasteiger partial charge < -0.3 is 10.3 Å². The van der Waals surface area contributed by atoms with Crippen LogP contribution in [0.5, 0.6) is 0 Å². The van der Waals surface area contributed by atoms with Gasteiger partial charge in [0.2, 0.25) is 0 Å². The van der Waals surface area contributed by atoms with E-state index < -0.39 is 0 Å². The SMILES string of the molecule is CC(C)c1nc(-c2cccc(Cl)c2Cl)c(N)n1C(C)(C)C. The Bertz CT molecular complexity index is 667. The van der Waals surface area contributed by atoms with Gasteiger partial charge in [0.05, 0.1) is 10.0 Å². The first-order valence-corrected chi connectivity index (χ1v) is 7.73. The molecule has 0 amide bonds. The lowest BCUT2D eigenvalue weighted by Gasteiger charge is -2.26. The molecule has 0 aliphatic heterocycles. The predicted octanol–water partition coefficient (Wildman–Crippen LogP) is 5.32. The van der Waals surface area contributed by atoms with Crippen molar-refractivity contribution in [3.63, 3.8) is 0 Å². The van der Waals surface area contributed by atoms with E-state index in [1.54, 1.807) is 6.07 Å². The molecule has 0 saturated heterocycles. The van der Waals surface area contributed by atoms with Crippen molar-refractivity contribution >= 4 is 29.0 Å². The fraction of sp³-hybridized carbons (Fsp3) is 0.438. The normalized spacial score (nSPS) is 12.2. The molecule has 0 radical (unpaired) electrons. The van der Waals surface area contributed by atoms with Gasteiger partial charge in [0.25, 0.3) is 0 Å². The van der Waals surface area contributed by atoms with Gasteiger partial charge in [0, 0.05) is 17.0 Å². The van der Waals surface area contributed by atoms with E-state index in [9.17, 15) is 0 Å². The van der Waals surface area contributed by atoms with E-state index >= 15 is 0 Å². The van der Waals surface area contributed by atoms with E-state index in [0.29, 0.717) is 21.6 Å². The number of hydrogen-bond donors (Lipinski definition) is 1. The van der Waals surface area contributed by atoms with Gasteiger partial charge in [-0.1, -0.05) is 49.2 Å². The molecule has 1 aromatic heterocycles. The summed E-state index contributed by atoms with van der Waals surface area (Å²) in [5.41, 5.74) is 7.69. The van der Waals surface area contributed by atoms with Gasteiger partial charge in [-0.2, -0.15) is 0 Å². The number of imidazole rings is 1. The zero-order chi connectivity index (χ0) is 15.9. The van der Waals surface area contributed by atoms with Crippen LogP contribution in [-0.2, 0) is 5.54 Å². The zero-order valence-corrected chi connectivity index (χ0v) is 14.5. The van der Waals surface area contributed by atoms with Crippen molar-refractivity contribution in [2.45, 2.75) is 46.1 Å². The summed E-state index contributed by atoms with van der Waals surface area (Å²) in [5, 5.41) is 0.990. The summed E-state index contributed by atoms with van der Waals surface area (Å²) in [6, 6.07) is 5.51. The van der Waals surface area contributed by atoms with E-state index in [0.717, 1.165) is 11.4 Å². The van der Waals surface area contributed by atoms with Crippen LogP contribution < -0.4 is 5.73 Å². The summed E-state index contributed by atoms with van der Waals surface area (Å²) >= 11 is 12.4. The predicted molar refractivity (Wildman–Crippen MR) is 91.2 cm³/mol. The quantitative estimate of drug-likeness (QED) is 0.812. The van der Waals surface area contributed by atoms with E-state index in [-0.39, 0.29) is 11.5 Å². The number of benzene rings is 1. The number of hydrogen-bond acceptors (Lipinski definition) is 2. The highest BCUT2D eigenvalue weighted by Gasteiger charge is 2.26. The first kappa shape index (κ1) is 16.2. The number of nitrogens with two attached hydrogens (primary N) is 1. The second-order valence-corrected chi connectivity index (χ2v) is 7.25. The van der Waals surface area contributed by atoms with Crippen LogP contribution in [0.2, 0.25) is 10.0 Å². The summed E-state index contributed by atoms with van der Waals surface area (Å²) in [6.07, 6.45) is 0. The minimum absolute atomic E-state index is 0.153. The van der Waals surface area contributed by atoms with Gasteiger partial charge in [-0.15, -0.1) is 0 Å². The van der Waals surface area contributed by atoms with E-state index in [4.69, 9.17) is 33.9 Å². The van der Waals surface area contributed by atoms with Crippen molar-refractivity contribution in [2.75, 3.05) is 5.73 Å². The largest absolute Gasteiger partial charge is 0.383 e. The van der Waals surface area contributed by atoms with Crippen molar-refractivity contribution < 1.29 is 0 Å². The van der Waals surface area contributed by atoms with Crippen LogP contribution in [0.3, 0.4) is 0 Å². The van der Waals surface area contributed by atoms with Crippen molar-refractivity contribution in [2.24, 2.45) is 0 Å². The van der Waals surface area contributed by atoms with Crippen LogP contribution in [0.1, 0.15) is 46.4 Å². The van der Waals surface area contributed by atoms with Gasteiger partial charge in [0.1, 0.15) is 17.3 Å². The lowest BCUT2D eigenvalue weighted by Crippen LogP contribution is -2.26. The van der Waals surface area contributed by atoms with Gasteiger partial charge in [-0.3, -0.25) is 0 Å². The molecule has 2 rings (SSSR count). The molecule has 3 nitrogen and oxygen atoms in total. The third kappa shape index (κ3) is 2.90. The molecule has 0 atom stereocenters. The number of halogens is 2. The molecule has 0 fully saturated rings. The average Bonchev–Trinajstić information content (AvgIpc) is 2.70. The molecule has 0 aliphatic carbocycles. The Morgan fingerprint density at radius 1 is 1.19 bits per heavy atom. The van der Waals surface area contributed by atoms with E-state index in [1.807, 2.05) is 12.1 Å². The molecule has 0 spiro atoms. The monoisotopic (exact) mass is 325 g/mol. The maximum absolute atomic E-state index is 6.38. The molecule has 1 heterocycles. The van der Waals surface area contributed by atoms with Crippen LogP contribution in [0.25, 0.3) is 11.3 Å². The summed E-state index contributed by atoms with van der Waals surface area (Å²) in [6.45, 7) is 10.5. The molecule has 2 N–H and O–H groups in total. The summed E-state index contributed by atoms with van der Waals surface area (Å²) < 4.78 is 2.07.